The first-order valence-corrected chi connectivity index (χ1v) is 8.89. The highest BCUT2D eigenvalue weighted by Gasteiger charge is 2.31. The molecular formula is C18H24FN3O4. The van der Waals surface area contributed by atoms with E-state index in [1.54, 1.807) is 17.0 Å². The highest BCUT2D eigenvalue weighted by Crippen LogP contribution is 2.25. The molecule has 2 N–H and O–H groups in total. The molecule has 0 aliphatic carbocycles. The summed E-state index contributed by atoms with van der Waals surface area (Å²) in [6.45, 7) is 2.79. The fourth-order valence-corrected chi connectivity index (χ4v) is 3.18. The summed E-state index contributed by atoms with van der Waals surface area (Å²) < 4.78 is 23.9. The van der Waals surface area contributed by atoms with Crippen LogP contribution in [0.15, 0.2) is 24.3 Å². The number of benzene rings is 1. The van der Waals surface area contributed by atoms with Crippen LogP contribution in [0.4, 0.5) is 9.18 Å². The van der Waals surface area contributed by atoms with Gasteiger partial charge < -0.3 is 25.0 Å². The predicted molar refractivity (Wildman–Crippen MR) is 91.6 cm³/mol. The van der Waals surface area contributed by atoms with Crippen molar-refractivity contribution in [1.29, 1.82) is 0 Å². The quantitative estimate of drug-likeness (QED) is 0.823. The van der Waals surface area contributed by atoms with Crippen LogP contribution in [-0.4, -0.2) is 56.0 Å². The van der Waals surface area contributed by atoms with Gasteiger partial charge in [0.25, 0.3) is 0 Å². The zero-order chi connectivity index (χ0) is 18.4. The van der Waals surface area contributed by atoms with Gasteiger partial charge in [0.2, 0.25) is 5.91 Å². The second-order valence-corrected chi connectivity index (χ2v) is 6.49. The SMILES string of the molecule is O=C(NCC(=O)N1CCC(C2OCCO2)CC1)NCc1ccc(F)cc1. The molecule has 1 aromatic rings. The van der Waals surface area contributed by atoms with Crippen LogP contribution in [0, 0.1) is 11.7 Å². The maximum atomic E-state index is 12.8. The first-order chi connectivity index (χ1) is 12.6. The smallest absolute Gasteiger partial charge is 0.315 e. The summed E-state index contributed by atoms with van der Waals surface area (Å²) >= 11 is 0. The van der Waals surface area contributed by atoms with Crippen LogP contribution in [0.1, 0.15) is 18.4 Å². The van der Waals surface area contributed by atoms with Gasteiger partial charge in [-0.2, -0.15) is 0 Å². The lowest BCUT2D eigenvalue weighted by Gasteiger charge is -2.33. The lowest BCUT2D eigenvalue weighted by molar-refractivity contribution is -0.135. The maximum Gasteiger partial charge on any atom is 0.315 e. The van der Waals surface area contributed by atoms with Gasteiger partial charge in [-0.1, -0.05) is 12.1 Å². The number of hydrogen-bond acceptors (Lipinski definition) is 4. The molecule has 2 heterocycles. The van der Waals surface area contributed by atoms with Crippen molar-refractivity contribution in [2.75, 3.05) is 32.8 Å². The molecular weight excluding hydrogens is 341 g/mol. The number of carbonyl (C=O) groups excluding carboxylic acids is 2. The van der Waals surface area contributed by atoms with Crippen LogP contribution >= 0.6 is 0 Å². The summed E-state index contributed by atoms with van der Waals surface area (Å²) in [5, 5.41) is 5.21. The minimum absolute atomic E-state index is 0.0453. The molecule has 142 valence electrons. The van der Waals surface area contributed by atoms with Gasteiger partial charge in [-0.3, -0.25) is 4.79 Å². The third-order valence-electron chi connectivity index (χ3n) is 4.69. The molecule has 2 saturated heterocycles. The Morgan fingerprint density at radius 2 is 1.73 bits per heavy atom. The van der Waals surface area contributed by atoms with Crippen LogP contribution < -0.4 is 10.6 Å². The van der Waals surface area contributed by atoms with E-state index in [1.165, 1.54) is 12.1 Å². The van der Waals surface area contributed by atoms with Crippen LogP contribution in [0.5, 0.6) is 0 Å². The topological polar surface area (TPSA) is 79.9 Å². The van der Waals surface area contributed by atoms with Crippen LogP contribution in [0.2, 0.25) is 0 Å². The lowest BCUT2D eigenvalue weighted by Crippen LogP contribution is -2.47. The number of carbonyl (C=O) groups is 2. The zero-order valence-electron chi connectivity index (χ0n) is 14.6. The molecule has 0 saturated carbocycles. The monoisotopic (exact) mass is 365 g/mol. The van der Waals surface area contributed by atoms with Gasteiger partial charge in [0.15, 0.2) is 6.29 Å². The van der Waals surface area contributed by atoms with Crippen molar-refractivity contribution < 1.29 is 23.5 Å². The van der Waals surface area contributed by atoms with E-state index in [4.69, 9.17) is 9.47 Å². The molecule has 26 heavy (non-hydrogen) atoms. The largest absolute Gasteiger partial charge is 0.350 e. The highest BCUT2D eigenvalue weighted by atomic mass is 19.1. The van der Waals surface area contributed by atoms with Gasteiger partial charge in [-0.05, 0) is 30.5 Å². The van der Waals surface area contributed by atoms with E-state index in [2.05, 4.69) is 10.6 Å². The molecule has 0 aromatic heterocycles. The van der Waals surface area contributed by atoms with Crippen molar-refractivity contribution in [3.63, 3.8) is 0 Å². The fraction of sp³-hybridized carbons (Fsp3) is 0.556. The van der Waals surface area contributed by atoms with E-state index in [9.17, 15) is 14.0 Å². The van der Waals surface area contributed by atoms with Gasteiger partial charge in [0, 0.05) is 25.6 Å². The first-order valence-electron chi connectivity index (χ1n) is 8.89. The van der Waals surface area contributed by atoms with E-state index in [1.807, 2.05) is 0 Å². The van der Waals surface area contributed by atoms with Crippen LogP contribution in [-0.2, 0) is 20.8 Å². The third-order valence-corrected chi connectivity index (χ3v) is 4.69. The second kappa shape index (κ2) is 8.95. The lowest BCUT2D eigenvalue weighted by atomic mass is 9.96. The maximum absolute atomic E-state index is 12.8. The van der Waals surface area contributed by atoms with Gasteiger partial charge >= 0.3 is 6.03 Å². The highest BCUT2D eigenvalue weighted by molar-refractivity contribution is 5.84. The Labute approximate surface area is 151 Å². The fourth-order valence-electron chi connectivity index (χ4n) is 3.18. The third kappa shape index (κ3) is 5.15. The molecule has 0 unspecified atom stereocenters. The summed E-state index contributed by atoms with van der Waals surface area (Å²) in [4.78, 5) is 25.8. The molecule has 3 rings (SSSR count). The van der Waals surface area contributed by atoms with E-state index in [-0.39, 0.29) is 31.1 Å². The van der Waals surface area contributed by atoms with E-state index >= 15 is 0 Å². The Hall–Kier alpha value is -2.19. The minimum Gasteiger partial charge on any atom is -0.350 e. The Morgan fingerprint density at radius 3 is 2.38 bits per heavy atom. The minimum atomic E-state index is -0.426. The van der Waals surface area contributed by atoms with Crippen molar-refractivity contribution in [2.24, 2.45) is 5.92 Å². The number of urea groups is 1. The number of piperidine rings is 1. The molecule has 7 nitrogen and oxygen atoms in total. The Kier molecular flexibility index (Phi) is 6.40. The summed E-state index contributed by atoms with van der Waals surface area (Å²) in [5.41, 5.74) is 0.784. The van der Waals surface area contributed by atoms with Crippen LogP contribution in [0.25, 0.3) is 0 Å². The molecule has 3 amide bonds. The number of nitrogens with zero attached hydrogens (tertiary/aromatic N) is 1. The van der Waals surface area contributed by atoms with Crippen molar-refractivity contribution in [1.82, 2.24) is 15.5 Å². The van der Waals surface area contributed by atoms with Gasteiger partial charge in [-0.15, -0.1) is 0 Å². The van der Waals surface area contributed by atoms with Crippen LogP contribution in [0.3, 0.4) is 0 Å². The standard InChI is InChI=1S/C18H24FN3O4/c19-15-3-1-13(2-4-15)11-20-18(24)21-12-16(23)22-7-5-14(6-8-22)17-25-9-10-26-17/h1-4,14,17H,5-12H2,(H2,20,21,24). The molecule has 0 bridgehead atoms. The Bertz CT molecular complexity index is 611. The number of amides is 3. The summed E-state index contributed by atoms with van der Waals surface area (Å²) in [7, 11) is 0. The summed E-state index contributed by atoms with van der Waals surface area (Å²) in [6, 6.07) is 5.45. The average Bonchev–Trinajstić information content (AvgIpc) is 3.20. The zero-order valence-corrected chi connectivity index (χ0v) is 14.6. The molecule has 0 radical (unpaired) electrons. The summed E-state index contributed by atoms with van der Waals surface area (Å²) in [6.07, 6.45) is 1.54. The Balaban J connectivity index is 1.33. The molecule has 0 spiro atoms. The molecule has 2 aliphatic heterocycles. The molecule has 2 fully saturated rings. The number of hydrogen-bond donors (Lipinski definition) is 2. The normalized spacial score (nSPS) is 18.7. The summed E-state index contributed by atoms with van der Waals surface area (Å²) in [5.74, 6) is -0.0965. The van der Waals surface area contributed by atoms with Crippen molar-refractivity contribution in [3.8, 4) is 0 Å². The predicted octanol–water partition coefficient (Wildman–Crippen LogP) is 1.24. The van der Waals surface area contributed by atoms with Gasteiger partial charge in [0.1, 0.15) is 5.82 Å². The number of halogens is 1. The van der Waals surface area contributed by atoms with Crippen molar-refractivity contribution >= 4 is 11.9 Å². The number of nitrogens with one attached hydrogen (secondary N) is 2. The van der Waals surface area contributed by atoms with Gasteiger partial charge in [0.05, 0.1) is 19.8 Å². The molecule has 1 aromatic carbocycles. The number of likely N-dealkylation sites (tertiary alicyclic amines) is 1. The molecule has 8 heteroatoms. The number of ether oxygens (including phenoxy) is 2. The Morgan fingerprint density at radius 1 is 1.08 bits per heavy atom. The van der Waals surface area contributed by atoms with Crippen molar-refractivity contribution in [2.45, 2.75) is 25.7 Å². The van der Waals surface area contributed by atoms with Gasteiger partial charge in [-0.25, -0.2) is 9.18 Å². The van der Waals surface area contributed by atoms with E-state index in [0.717, 1.165) is 18.4 Å². The molecule has 2 aliphatic rings. The molecule has 0 atom stereocenters. The first kappa shape index (κ1) is 18.6. The van der Waals surface area contributed by atoms with Crippen molar-refractivity contribution in [3.05, 3.63) is 35.6 Å². The average molecular weight is 365 g/mol. The number of rotatable bonds is 5. The van der Waals surface area contributed by atoms with E-state index < -0.39 is 6.03 Å². The second-order valence-electron chi connectivity index (χ2n) is 6.49. The van der Waals surface area contributed by atoms with E-state index in [0.29, 0.717) is 32.2 Å².